The minimum absolute atomic E-state index is 0.0658. The third kappa shape index (κ3) is 4.53. The Hall–Kier alpha value is -2.19. The second-order valence-corrected chi connectivity index (χ2v) is 9.05. The van der Waals surface area contributed by atoms with Crippen LogP contribution in [-0.2, 0) is 5.75 Å². The fourth-order valence-electron chi connectivity index (χ4n) is 2.78. The Morgan fingerprint density at radius 2 is 1.72 bits per heavy atom. The van der Waals surface area contributed by atoms with Gasteiger partial charge in [0.1, 0.15) is 11.9 Å². The molecule has 0 bridgehead atoms. The Bertz CT molecular complexity index is 1180. The molecule has 0 saturated heterocycles. The van der Waals surface area contributed by atoms with Gasteiger partial charge >= 0.3 is 5.82 Å². The van der Waals surface area contributed by atoms with Crippen LogP contribution in [0.25, 0.3) is 5.65 Å². The average Bonchev–Trinajstić information content (AvgIpc) is 3.07. The van der Waals surface area contributed by atoms with Crippen molar-refractivity contribution in [1.82, 2.24) is 9.38 Å². The molecule has 0 N–H and O–H groups in total. The van der Waals surface area contributed by atoms with E-state index in [2.05, 4.69) is 4.98 Å². The van der Waals surface area contributed by atoms with E-state index in [9.17, 15) is 10.1 Å². The van der Waals surface area contributed by atoms with Gasteiger partial charge < -0.3 is 10.1 Å². The number of aromatic nitrogens is 2. The number of halogens is 2. The molecule has 0 aliphatic rings. The maximum atomic E-state index is 11.8. The molecule has 4 rings (SSSR count). The van der Waals surface area contributed by atoms with Gasteiger partial charge in [-0.3, -0.25) is 0 Å². The molecule has 0 aliphatic heterocycles. The van der Waals surface area contributed by atoms with Crippen molar-refractivity contribution in [1.29, 1.82) is 0 Å². The molecule has 2 aromatic heterocycles. The van der Waals surface area contributed by atoms with Gasteiger partial charge in [-0.1, -0.05) is 53.2 Å². The highest BCUT2D eigenvalue weighted by molar-refractivity contribution is 7.99. The molecule has 2 heterocycles. The number of fused-ring (bicyclic) bond motifs is 1. The summed E-state index contributed by atoms with van der Waals surface area (Å²) in [5, 5.41) is 12.8. The molecule has 0 atom stereocenters. The number of pyridine rings is 1. The quantitative estimate of drug-likeness (QED) is 0.176. The minimum atomic E-state index is -0.409. The summed E-state index contributed by atoms with van der Waals surface area (Å²) in [5.74, 6) is 0.314. The number of benzene rings is 2. The van der Waals surface area contributed by atoms with Gasteiger partial charge in [0.15, 0.2) is 0 Å². The lowest BCUT2D eigenvalue weighted by molar-refractivity contribution is -0.391. The summed E-state index contributed by atoms with van der Waals surface area (Å²) in [7, 11) is 0. The second-order valence-electron chi connectivity index (χ2n) is 6.01. The summed E-state index contributed by atoms with van der Waals surface area (Å²) >= 11 is 15.2. The maximum absolute atomic E-state index is 11.8. The minimum Gasteiger partial charge on any atom is -0.358 e. The van der Waals surface area contributed by atoms with Gasteiger partial charge in [0.05, 0.1) is 9.92 Å². The van der Waals surface area contributed by atoms with Crippen molar-refractivity contribution in [2.75, 3.05) is 0 Å². The van der Waals surface area contributed by atoms with E-state index in [4.69, 9.17) is 23.2 Å². The molecule has 9 heteroatoms. The number of nitrogens with zero attached hydrogens (tertiary/aromatic N) is 3. The zero-order valence-corrected chi connectivity index (χ0v) is 17.9. The van der Waals surface area contributed by atoms with Gasteiger partial charge in [-0.25, -0.2) is 4.98 Å². The van der Waals surface area contributed by atoms with Gasteiger partial charge in [-0.15, -0.1) is 11.8 Å². The van der Waals surface area contributed by atoms with Crippen LogP contribution >= 0.6 is 46.7 Å². The smallest absolute Gasteiger partial charge is 0.352 e. The van der Waals surface area contributed by atoms with E-state index in [0.717, 1.165) is 14.7 Å². The summed E-state index contributed by atoms with van der Waals surface area (Å²) < 4.78 is 1.46. The van der Waals surface area contributed by atoms with Crippen LogP contribution in [-0.4, -0.2) is 14.3 Å². The first kappa shape index (κ1) is 20.1. The van der Waals surface area contributed by atoms with Crippen molar-refractivity contribution in [2.45, 2.75) is 20.4 Å². The fraction of sp³-hybridized carbons (Fsp3) is 0.0500. The Labute approximate surface area is 185 Å². The maximum Gasteiger partial charge on any atom is 0.352 e. The predicted molar refractivity (Wildman–Crippen MR) is 118 cm³/mol. The second kappa shape index (κ2) is 8.67. The lowest BCUT2D eigenvalue weighted by atomic mass is 10.4. The zero-order valence-electron chi connectivity index (χ0n) is 14.8. The number of imidazole rings is 1. The number of thioether (sulfide) groups is 1. The summed E-state index contributed by atoms with van der Waals surface area (Å²) in [6.45, 7) is 0. The Morgan fingerprint density at radius 3 is 2.41 bits per heavy atom. The van der Waals surface area contributed by atoms with Crippen molar-refractivity contribution in [3.05, 3.63) is 92.7 Å². The molecule has 29 heavy (non-hydrogen) atoms. The Kier molecular flexibility index (Phi) is 6.01. The highest BCUT2D eigenvalue weighted by Crippen LogP contribution is 2.37. The number of nitro groups is 1. The molecule has 0 radical (unpaired) electrons. The molecule has 2 aromatic carbocycles. The van der Waals surface area contributed by atoms with E-state index >= 15 is 0 Å². The van der Waals surface area contributed by atoms with Crippen LogP contribution < -0.4 is 0 Å². The first-order valence-electron chi connectivity index (χ1n) is 8.47. The molecule has 5 nitrogen and oxygen atoms in total. The zero-order chi connectivity index (χ0) is 20.4. The highest BCUT2D eigenvalue weighted by atomic mass is 35.5. The van der Waals surface area contributed by atoms with Crippen LogP contribution in [0.15, 0.2) is 81.5 Å². The largest absolute Gasteiger partial charge is 0.358 e. The standard InChI is InChI=1S/C20H13Cl2N3O2S2/c21-13-6-8-16(9-7-13)29-18-10-14(22)11-24-19(18)23-17(20(24)25(26)27)12-28-15-4-2-1-3-5-15/h1-11H,12H2. The van der Waals surface area contributed by atoms with Crippen LogP contribution in [0.1, 0.15) is 5.69 Å². The molecule has 0 aliphatic carbocycles. The molecule has 0 spiro atoms. The van der Waals surface area contributed by atoms with E-state index in [1.54, 1.807) is 18.2 Å². The number of rotatable bonds is 6. The monoisotopic (exact) mass is 461 g/mol. The van der Waals surface area contributed by atoms with Crippen LogP contribution in [0.4, 0.5) is 5.82 Å². The summed E-state index contributed by atoms with van der Waals surface area (Å²) in [6.07, 6.45) is 1.53. The van der Waals surface area contributed by atoms with E-state index in [1.807, 2.05) is 42.5 Å². The van der Waals surface area contributed by atoms with Crippen molar-refractivity contribution in [3.63, 3.8) is 0 Å². The van der Waals surface area contributed by atoms with Crippen LogP contribution in [0, 0.1) is 10.1 Å². The predicted octanol–water partition coefficient (Wildman–Crippen LogP) is 6.99. The van der Waals surface area contributed by atoms with Crippen LogP contribution in [0.3, 0.4) is 0 Å². The molecular formula is C20H13Cl2N3O2S2. The molecule has 4 aromatic rings. The average molecular weight is 462 g/mol. The van der Waals surface area contributed by atoms with Crippen molar-refractivity contribution in [3.8, 4) is 0 Å². The molecule has 0 saturated carbocycles. The van der Waals surface area contributed by atoms with Crippen LogP contribution in [0.5, 0.6) is 0 Å². The lowest BCUT2D eigenvalue weighted by Gasteiger charge is -2.03. The van der Waals surface area contributed by atoms with Gasteiger partial charge in [0, 0.05) is 20.6 Å². The molecule has 0 fully saturated rings. The van der Waals surface area contributed by atoms with Crippen molar-refractivity contribution < 1.29 is 4.92 Å². The molecule has 0 amide bonds. The van der Waals surface area contributed by atoms with E-state index in [1.165, 1.54) is 34.1 Å². The van der Waals surface area contributed by atoms with Gasteiger partial charge in [0.2, 0.25) is 5.65 Å². The Balaban J connectivity index is 1.75. The van der Waals surface area contributed by atoms with E-state index < -0.39 is 4.92 Å². The SMILES string of the molecule is O=[N+]([O-])c1c(CSc2ccccc2)nc2c(Sc3ccc(Cl)cc3)cc(Cl)cn12. The van der Waals surface area contributed by atoms with Gasteiger partial charge in [-0.05, 0) is 47.4 Å². The lowest BCUT2D eigenvalue weighted by Crippen LogP contribution is -1.97. The Morgan fingerprint density at radius 1 is 1.00 bits per heavy atom. The number of hydrogen-bond donors (Lipinski definition) is 0. The third-order valence-electron chi connectivity index (χ3n) is 4.03. The summed E-state index contributed by atoms with van der Waals surface area (Å²) in [4.78, 5) is 18.7. The van der Waals surface area contributed by atoms with Crippen LogP contribution in [0.2, 0.25) is 10.0 Å². The van der Waals surface area contributed by atoms with Gasteiger partial charge in [0.25, 0.3) is 0 Å². The topological polar surface area (TPSA) is 60.4 Å². The van der Waals surface area contributed by atoms with E-state index in [-0.39, 0.29) is 5.82 Å². The third-order valence-corrected chi connectivity index (χ3v) is 6.54. The van der Waals surface area contributed by atoms with E-state index in [0.29, 0.717) is 27.1 Å². The highest BCUT2D eigenvalue weighted by Gasteiger charge is 2.25. The van der Waals surface area contributed by atoms with Crippen molar-refractivity contribution in [2.24, 2.45) is 0 Å². The summed E-state index contributed by atoms with van der Waals surface area (Å²) in [5.41, 5.74) is 0.911. The molecule has 146 valence electrons. The first-order valence-corrected chi connectivity index (χ1v) is 11.0. The fourth-order valence-corrected chi connectivity index (χ4v) is 4.97. The molecule has 0 unspecified atom stereocenters. The summed E-state index contributed by atoms with van der Waals surface area (Å²) in [6, 6.07) is 18.8. The van der Waals surface area contributed by atoms with Gasteiger partial charge in [-0.2, -0.15) is 4.40 Å². The first-order chi connectivity index (χ1) is 14.0. The van der Waals surface area contributed by atoms with Crippen molar-refractivity contribution >= 4 is 58.2 Å². The number of hydrogen-bond acceptors (Lipinski definition) is 5. The molecular weight excluding hydrogens is 449 g/mol. The normalized spacial score (nSPS) is 11.1.